The summed E-state index contributed by atoms with van der Waals surface area (Å²) in [5.74, 6) is 0.350. The van der Waals surface area contributed by atoms with Crippen LogP contribution < -0.4 is 0 Å². The summed E-state index contributed by atoms with van der Waals surface area (Å²) in [6.07, 6.45) is -3.11. The van der Waals surface area contributed by atoms with Gasteiger partial charge in [-0.15, -0.1) is 23.5 Å². The van der Waals surface area contributed by atoms with E-state index in [1.54, 1.807) is 12.1 Å². The number of hydrogen-bond acceptors (Lipinski definition) is 7. The van der Waals surface area contributed by atoms with Gasteiger partial charge in [0.15, 0.2) is 0 Å². The standard InChI is InChI=1S/C11H13NO5S2/c13-8-5-18-11(10(15)9(8)14)19-7-3-1-6(2-4-7)12(16)17/h1-4,8-11,13-15H,5H2/t8-,9-,10-,11+/m1/s1. The number of nitrogens with zero attached hydrogens (tertiary/aromatic N) is 1. The lowest BCUT2D eigenvalue weighted by Gasteiger charge is -2.34. The Morgan fingerprint density at radius 3 is 2.42 bits per heavy atom. The number of thioether (sulfide) groups is 2. The number of rotatable bonds is 3. The van der Waals surface area contributed by atoms with Gasteiger partial charge in [0.1, 0.15) is 12.2 Å². The van der Waals surface area contributed by atoms with Crippen LogP contribution in [-0.4, -0.2) is 48.9 Å². The third-order valence-corrected chi connectivity index (χ3v) is 5.65. The fourth-order valence-corrected chi connectivity index (χ4v) is 4.31. The number of aliphatic hydroxyl groups is 3. The minimum Gasteiger partial charge on any atom is -0.389 e. The zero-order valence-electron chi connectivity index (χ0n) is 9.75. The molecule has 0 bridgehead atoms. The highest BCUT2D eigenvalue weighted by Gasteiger charge is 2.37. The fraction of sp³-hybridized carbons (Fsp3) is 0.455. The predicted molar refractivity (Wildman–Crippen MR) is 73.2 cm³/mol. The number of nitro groups is 1. The van der Waals surface area contributed by atoms with E-state index in [9.17, 15) is 25.4 Å². The minimum absolute atomic E-state index is 0.0108. The van der Waals surface area contributed by atoms with Crippen molar-refractivity contribution in [3.05, 3.63) is 34.4 Å². The SMILES string of the molecule is O=[N+]([O-])c1ccc(S[C@@H]2SC[C@@H](O)[C@@H](O)[C@H]2O)cc1. The molecule has 1 aromatic rings. The average molecular weight is 303 g/mol. The van der Waals surface area contributed by atoms with Crippen LogP contribution in [0.3, 0.4) is 0 Å². The Kier molecular flexibility index (Phi) is 4.69. The summed E-state index contributed by atoms with van der Waals surface area (Å²) >= 11 is 2.68. The number of nitro benzene ring substituents is 1. The molecule has 0 aliphatic carbocycles. The molecule has 1 fully saturated rings. The van der Waals surface area contributed by atoms with Crippen molar-refractivity contribution >= 4 is 29.2 Å². The molecule has 0 aromatic heterocycles. The lowest BCUT2D eigenvalue weighted by atomic mass is 10.1. The van der Waals surface area contributed by atoms with Crippen LogP contribution in [0.15, 0.2) is 29.2 Å². The Labute approximate surface area is 118 Å². The summed E-state index contributed by atoms with van der Waals surface area (Å²) in [5.41, 5.74) is 0.0108. The van der Waals surface area contributed by atoms with E-state index in [2.05, 4.69) is 0 Å². The first-order chi connectivity index (χ1) is 8.99. The van der Waals surface area contributed by atoms with E-state index in [0.717, 1.165) is 4.90 Å². The van der Waals surface area contributed by atoms with Crippen LogP contribution in [0.1, 0.15) is 0 Å². The molecule has 1 heterocycles. The third-order valence-electron chi connectivity index (χ3n) is 2.75. The van der Waals surface area contributed by atoms with Gasteiger partial charge in [0.25, 0.3) is 5.69 Å². The summed E-state index contributed by atoms with van der Waals surface area (Å²) in [6.45, 7) is 0. The largest absolute Gasteiger partial charge is 0.389 e. The van der Waals surface area contributed by atoms with Crippen molar-refractivity contribution in [3.63, 3.8) is 0 Å². The maximum atomic E-state index is 10.5. The van der Waals surface area contributed by atoms with Crippen LogP contribution in [0.4, 0.5) is 5.69 Å². The van der Waals surface area contributed by atoms with E-state index >= 15 is 0 Å². The van der Waals surface area contributed by atoms with Crippen LogP contribution in [0.2, 0.25) is 0 Å². The Balaban J connectivity index is 2.03. The van der Waals surface area contributed by atoms with Crippen molar-refractivity contribution in [2.45, 2.75) is 27.8 Å². The summed E-state index contributed by atoms with van der Waals surface area (Å²) in [4.78, 5) is 10.8. The highest BCUT2D eigenvalue weighted by atomic mass is 32.2. The molecule has 3 N–H and O–H groups in total. The molecule has 1 aromatic carbocycles. The molecule has 0 spiro atoms. The maximum Gasteiger partial charge on any atom is 0.269 e. The zero-order chi connectivity index (χ0) is 14.0. The molecule has 0 radical (unpaired) electrons. The third kappa shape index (κ3) is 3.40. The molecule has 8 heteroatoms. The van der Waals surface area contributed by atoms with Crippen molar-refractivity contribution in [2.24, 2.45) is 0 Å². The van der Waals surface area contributed by atoms with Gasteiger partial charge in [-0.25, -0.2) is 0 Å². The molecule has 4 atom stereocenters. The van der Waals surface area contributed by atoms with Crippen LogP contribution in [-0.2, 0) is 0 Å². The maximum absolute atomic E-state index is 10.5. The van der Waals surface area contributed by atoms with E-state index in [4.69, 9.17) is 0 Å². The Hall–Kier alpha value is -0.800. The first kappa shape index (κ1) is 14.6. The van der Waals surface area contributed by atoms with Gasteiger partial charge in [-0.2, -0.15) is 0 Å². The number of hydrogen-bond donors (Lipinski definition) is 3. The van der Waals surface area contributed by atoms with Crippen LogP contribution >= 0.6 is 23.5 Å². The van der Waals surface area contributed by atoms with Crippen molar-refractivity contribution in [3.8, 4) is 0 Å². The number of benzene rings is 1. The molecule has 1 aliphatic rings. The van der Waals surface area contributed by atoms with Gasteiger partial charge in [0, 0.05) is 22.8 Å². The van der Waals surface area contributed by atoms with Gasteiger partial charge < -0.3 is 15.3 Å². The highest BCUT2D eigenvalue weighted by Crippen LogP contribution is 2.38. The quantitative estimate of drug-likeness (QED) is 0.561. The molecule has 0 unspecified atom stereocenters. The summed E-state index contributed by atoms with van der Waals surface area (Å²) in [5, 5.41) is 39.4. The summed E-state index contributed by atoms with van der Waals surface area (Å²) in [7, 11) is 0. The fourth-order valence-electron chi connectivity index (χ4n) is 1.66. The zero-order valence-corrected chi connectivity index (χ0v) is 11.4. The first-order valence-electron chi connectivity index (χ1n) is 5.56. The van der Waals surface area contributed by atoms with Crippen molar-refractivity contribution in [1.29, 1.82) is 0 Å². The van der Waals surface area contributed by atoms with E-state index < -0.39 is 23.2 Å². The van der Waals surface area contributed by atoms with Gasteiger partial charge in [-0.05, 0) is 12.1 Å². The molecule has 1 saturated heterocycles. The molecule has 2 rings (SSSR count). The van der Waals surface area contributed by atoms with Gasteiger partial charge in [0.2, 0.25) is 0 Å². The topological polar surface area (TPSA) is 104 Å². The molecule has 19 heavy (non-hydrogen) atoms. The van der Waals surface area contributed by atoms with Gasteiger partial charge in [-0.1, -0.05) is 0 Å². The molecule has 0 saturated carbocycles. The van der Waals surface area contributed by atoms with E-state index in [-0.39, 0.29) is 10.3 Å². The van der Waals surface area contributed by atoms with Gasteiger partial charge in [-0.3, -0.25) is 10.1 Å². The van der Waals surface area contributed by atoms with Crippen LogP contribution in [0, 0.1) is 10.1 Å². The normalized spacial score (nSPS) is 31.1. The minimum atomic E-state index is -1.16. The van der Waals surface area contributed by atoms with Crippen LogP contribution in [0.25, 0.3) is 0 Å². The van der Waals surface area contributed by atoms with E-state index in [0.29, 0.717) is 5.75 Å². The molecule has 6 nitrogen and oxygen atoms in total. The van der Waals surface area contributed by atoms with Gasteiger partial charge in [0.05, 0.1) is 15.6 Å². The molecular formula is C11H13NO5S2. The Morgan fingerprint density at radius 1 is 1.21 bits per heavy atom. The lowest BCUT2D eigenvalue weighted by molar-refractivity contribution is -0.384. The highest BCUT2D eigenvalue weighted by molar-refractivity contribution is 8.17. The van der Waals surface area contributed by atoms with Gasteiger partial charge >= 0.3 is 0 Å². The van der Waals surface area contributed by atoms with Crippen molar-refractivity contribution in [2.75, 3.05) is 5.75 Å². The average Bonchev–Trinajstić information content (AvgIpc) is 2.40. The smallest absolute Gasteiger partial charge is 0.269 e. The first-order valence-corrected chi connectivity index (χ1v) is 7.49. The summed E-state index contributed by atoms with van der Waals surface area (Å²) < 4.78 is -0.306. The van der Waals surface area contributed by atoms with E-state index in [1.807, 2.05) is 0 Å². The monoisotopic (exact) mass is 303 g/mol. The Bertz CT molecular complexity index is 455. The second-order valence-electron chi connectivity index (χ2n) is 4.12. The predicted octanol–water partition coefficient (Wildman–Crippen LogP) is 0.842. The molecule has 1 aliphatic heterocycles. The van der Waals surface area contributed by atoms with Crippen molar-refractivity contribution in [1.82, 2.24) is 0 Å². The molecule has 104 valence electrons. The number of aliphatic hydroxyl groups excluding tert-OH is 3. The second-order valence-corrected chi connectivity index (χ2v) is 6.81. The van der Waals surface area contributed by atoms with Crippen LogP contribution in [0.5, 0.6) is 0 Å². The Morgan fingerprint density at radius 2 is 1.84 bits per heavy atom. The molecule has 0 amide bonds. The van der Waals surface area contributed by atoms with E-state index in [1.165, 1.54) is 35.7 Å². The van der Waals surface area contributed by atoms with Crippen molar-refractivity contribution < 1.29 is 20.2 Å². The summed E-state index contributed by atoms with van der Waals surface area (Å²) in [6, 6.07) is 6.00. The molecular weight excluding hydrogens is 290 g/mol. The number of non-ortho nitro benzene ring substituents is 1. The second kappa shape index (κ2) is 6.10. The lowest BCUT2D eigenvalue weighted by Crippen LogP contribution is -2.47.